The number of nitrogens with zero attached hydrogens (tertiary/aromatic N) is 2. The smallest absolute Gasteiger partial charge is 0.228 e. The second-order valence-corrected chi connectivity index (χ2v) is 4.52. The molecule has 1 saturated carbocycles. The summed E-state index contributed by atoms with van der Waals surface area (Å²) in [5.74, 6) is 1.51. The number of hydrogen-bond acceptors (Lipinski definition) is 4. The predicted molar refractivity (Wildman–Crippen MR) is 66.8 cm³/mol. The Morgan fingerprint density at radius 1 is 1.41 bits per heavy atom. The van der Waals surface area contributed by atoms with Gasteiger partial charge in [0.05, 0.1) is 0 Å². The second kappa shape index (κ2) is 5.12. The first kappa shape index (κ1) is 11.8. The molecule has 0 bridgehead atoms. The van der Waals surface area contributed by atoms with E-state index in [-0.39, 0.29) is 11.8 Å². The lowest BCUT2D eigenvalue weighted by molar-refractivity contribution is -0.117. The minimum atomic E-state index is 0.0573. The Balaban J connectivity index is 1.90. The molecule has 0 radical (unpaired) electrons. The lowest BCUT2D eigenvalue weighted by Crippen LogP contribution is -2.17. The number of nitrogens with one attached hydrogen (secondary N) is 2. The first-order chi connectivity index (χ1) is 8.19. The molecule has 2 rings (SSSR count). The van der Waals surface area contributed by atoms with Gasteiger partial charge in [0.2, 0.25) is 5.91 Å². The number of hydrogen-bond donors (Lipinski definition) is 2. The van der Waals surface area contributed by atoms with Gasteiger partial charge in [-0.2, -0.15) is 0 Å². The summed E-state index contributed by atoms with van der Waals surface area (Å²) in [5, 5.41) is 14.0. The van der Waals surface area contributed by atoms with Crippen LogP contribution in [0.4, 0.5) is 11.6 Å². The third kappa shape index (κ3) is 3.41. The van der Waals surface area contributed by atoms with E-state index >= 15 is 0 Å². The van der Waals surface area contributed by atoms with Gasteiger partial charge in [-0.25, -0.2) is 0 Å². The van der Waals surface area contributed by atoms with Crippen molar-refractivity contribution >= 4 is 17.5 Å². The standard InChI is InChI=1S/C12H18N4O/c1-3-8(2)13-10-6-7-11(16-15-10)14-12(17)9-4-5-9/h6-9H,3-5H2,1-2H3,(H,13,15)(H,14,16,17). The molecule has 5 nitrogen and oxygen atoms in total. The zero-order valence-electron chi connectivity index (χ0n) is 10.2. The fourth-order valence-corrected chi connectivity index (χ4v) is 1.40. The van der Waals surface area contributed by atoms with E-state index in [9.17, 15) is 4.79 Å². The van der Waals surface area contributed by atoms with Gasteiger partial charge in [-0.1, -0.05) is 6.92 Å². The molecule has 1 aromatic heterocycles. The number of anilines is 2. The van der Waals surface area contributed by atoms with Gasteiger partial charge in [0.1, 0.15) is 5.82 Å². The molecule has 92 valence electrons. The summed E-state index contributed by atoms with van der Waals surface area (Å²) in [4.78, 5) is 11.5. The molecule has 17 heavy (non-hydrogen) atoms. The van der Waals surface area contributed by atoms with Crippen LogP contribution in [0.3, 0.4) is 0 Å². The number of carbonyl (C=O) groups is 1. The van der Waals surface area contributed by atoms with E-state index < -0.39 is 0 Å². The van der Waals surface area contributed by atoms with Crippen molar-refractivity contribution < 1.29 is 4.79 Å². The highest BCUT2D eigenvalue weighted by Crippen LogP contribution is 2.29. The van der Waals surface area contributed by atoms with E-state index in [0.29, 0.717) is 11.9 Å². The lowest BCUT2D eigenvalue weighted by atomic mass is 10.2. The molecule has 5 heteroatoms. The Morgan fingerprint density at radius 3 is 2.59 bits per heavy atom. The van der Waals surface area contributed by atoms with Crippen LogP contribution in [0.2, 0.25) is 0 Å². The third-order valence-electron chi connectivity index (χ3n) is 2.87. The van der Waals surface area contributed by atoms with Crippen molar-refractivity contribution in [3.63, 3.8) is 0 Å². The third-order valence-corrected chi connectivity index (χ3v) is 2.87. The van der Waals surface area contributed by atoms with E-state index in [1.54, 1.807) is 6.07 Å². The number of aromatic nitrogens is 2. The highest BCUT2D eigenvalue weighted by Gasteiger charge is 2.29. The van der Waals surface area contributed by atoms with Crippen LogP contribution >= 0.6 is 0 Å². The molecule has 1 fully saturated rings. The predicted octanol–water partition coefficient (Wildman–Crippen LogP) is 2.04. The Hall–Kier alpha value is -1.65. The van der Waals surface area contributed by atoms with Gasteiger partial charge in [-0.3, -0.25) is 4.79 Å². The average Bonchev–Trinajstić information content (AvgIpc) is 3.15. The van der Waals surface area contributed by atoms with E-state index in [1.165, 1.54) is 0 Å². The maximum Gasteiger partial charge on any atom is 0.228 e. The summed E-state index contributed by atoms with van der Waals surface area (Å²) in [6.45, 7) is 4.19. The van der Waals surface area contributed by atoms with Crippen molar-refractivity contribution in [3.05, 3.63) is 12.1 Å². The van der Waals surface area contributed by atoms with Gasteiger partial charge in [-0.15, -0.1) is 10.2 Å². The molecule has 1 aliphatic carbocycles. The molecule has 1 amide bonds. The first-order valence-electron chi connectivity index (χ1n) is 6.10. The first-order valence-corrected chi connectivity index (χ1v) is 6.10. The van der Waals surface area contributed by atoms with Gasteiger partial charge in [0.25, 0.3) is 0 Å². The van der Waals surface area contributed by atoms with Gasteiger partial charge in [0, 0.05) is 12.0 Å². The van der Waals surface area contributed by atoms with Gasteiger partial charge < -0.3 is 10.6 Å². The average molecular weight is 234 g/mol. The Labute approximate surface area is 101 Å². The van der Waals surface area contributed by atoms with Crippen LogP contribution in [-0.4, -0.2) is 22.1 Å². The van der Waals surface area contributed by atoms with Crippen molar-refractivity contribution in [2.75, 3.05) is 10.6 Å². The van der Waals surface area contributed by atoms with Gasteiger partial charge in [-0.05, 0) is 38.3 Å². The van der Waals surface area contributed by atoms with Crippen LogP contribution in [0.1, 0.15) is 33.1 Å². The van der Waals surface area contributed by atoms with Crippen molar-refractivity contribution in [2.45, 2.75) is 39.2 Å². The van der Waals surface area contributed by atoms with Crippen molar-refractivity contribution in [2.24, 2.45) is 5.92 Å². The van der Waals surface area contributed by atoms with Crippen molar-refractivity contribution in [3.8, 4) is 0 Å². The fourth-order valence-electron chi connectivity index (χ4n) is 1.40. The molecule has 1 atom stereocenters. The molecular weight excluding hydrogens is 216 g/mol. The highest BCUT2D eigenvalue weighted by atomic mass is 16.2. The van der Waals surface area contributed by atoms with Crippen molar-refractivity contribution in [1.82, 2.24) is 10.2 Å². The number of rotatable bonds is 5. The number of carbonyl (C=O) groups excluding carboxylic acids is 1. The summed E-state index contributed by atoms with van der Waals surface area (Å²) < 4.78 is 0. The van der Waals surface area contributed by atoms with Gasteiger partial charge in [0.15, 0.2) is 5.82 Å². The summed E-state index contributed by atoms with van der Waals surface area (Å²) in [6, 6.07) is 3.98. The van der Waals surface area contributed by atoms with Crippen LogP contribution in [-0.2, 0) is 4.79 Å². The summed E-state index contributed by atoms with van der Waals surface area (Å²) >= 11 is 0. The molecule has 0 spiro atoms. The molecule has 1 aromatic rings. The Morgan fingerprint density at radius 2 is 2.06 bits per heavy atom. The molecule has 2 N–H and O–H groups in total. The lowest BCUT2D eigenvalue weighted by Gasteiger charge is -2.11. The van der Waals surface area contributed by atoms with Crippen LogP contribution in [0, 0.1) is 5.92 Å². The van der Waals surface area contributed by atoms with Crippen LogP contribution in [0.15, 0.2) is 12.1 Å². The molecular formula is C12H18N4O. The molecule has 1 unspecified atom stereocenters. The minimum absolute atomic E-state index is 0.0573. The largest absolute Gasteiger partial charge is 0.366 e. The normalized spacial score (nSPS) is 16.4. The quantitative estimate of drug-likeness (QED) is 0.818. The molecule has 1 heterocycles. The summed E-state index contributed by atoms with van der Waals surface area (Å²) in [7, 11) is 0. The Kier molecular flexibility index (Phi) is 3.56. The maximum absolute atomic E-state index is 11.5. The van der Waals surface area contributed by atoms with Crippen molar-refractivity contribution in [1.29, 1.82) is 0 Å². The fraction of sp³-hybridized carbons (Fsp3) is 0.583. The molecule has 0 aliphatic heterocycles. The zero-order valence-corrected chi connectivity index (χ0v) is 10.2. The molecule has 1 aliphatic rings. The van der Waals surface area contributed by atoms with Crippen LogP contribution in [0.5, 0.6) is 0 Å². The Bertz CT molecular complexity index is 386. The topological polar surface area (TPSA) is 66.9 Å². The number of amides is 1. The zero-order chi connectivity index (χ0) is 12.3. The second-order valence-electron chi connectivity index (χ2n) is 4.52. The minimum Gasteiger partial charge on any atom is -0.366 e. The molecule has 0 saturated heterocycles. The van der Waals surface area contributed by atoms with Crippen LogP contribution < -0.4 is 10.6 Å². The van der Waals surface area contributed by atoms with E-state index in [4.69, 9.17) is 0 Å². The van der Waals surface area contributed by atoms with E-state index in [2.05, 4.69) is 34.7 Å². The molecule has 0 aromatic carbocycles. The maximum atomic E-state index is 11.5. The van der Waals surface area contributed by atoms with E-state index in [0.717, 1.165) is 25.1 Å². The monoisotopic (exact) mass is 234 g/mol. The summed E-state index contributed by atoms with van der Waals surface area (Å²) in [6.07, 6.45) is 3.02. The van der Waals surface area contributed by atoms with Gasteiger partial charge >= 0.3 is 0 Å². The SMILES string of the molecule is CCC(C)Nc1ccc(NC(=O)C2CC2)nn1. The van der Waals surface area contributed by atoms with E-state index in [1.807, 2.05) is 6.07 Å². The van der Waals surface area contributed by atoms with Crippen LogP contribution in [0.25, 0.3) is 0 Å². The highest BCUT2D eigenvalue weighted by molar-refractivity contribution is 5.93. The summed E-state index contributed by atoms with van der Waals surface area (Å²) in [5.41, 5.74) is 0.